The van der Waals surface area contributed by atoms with Crippen LogP contribution in [0.2, 0.25) is 5.02 Å². The van der Waals surface area contributed by atoms with Gasteiger partial charge in [-0.05, 0) is 42.8 Å². The smallest absolute Gasteiger partial charge is 0.281 e. The molecule has 0 unspecified atom stereocenters. The van der Waals surface area contributed by atoms with Crippen LogP contribution in [0.25, 0.3) is 10.9 Å². The van der Waals surface area contributed by atoms with Crippen molar-refractivity contribution in [2.24, 2.45) is 7.05 Å². The second-order valence-electron chi connectivity index (χ2n) is 5.14. The highest BCUT2D eigenvalue weighted by atomic mass is 35.5. The number of anilines is 1. The predicted octanol–water partition coefficient (Wildman–Crippen LogP) is 2.54. The number of fused-ring (bicyclic) bond motifs is 1. The lowest BCUT2D eigenvalue weighted by Crippen LogP contribution is -2.26. The Morgan fingerprint density at radius 2 is 2.04 bits per heavy atom. The number of pyridine rings is 1. The fraction of sp³-hybridized carbons (Fsp3) is 0.125. The standard InChI is InChI=1S/C16H13ClN4O2/c1-9-5-6-18-13(7-9)19-16(23)14-15(22)11-8-10(17)3-4-12(11)21(2)20-14/h3-8H,1-2H3,(H,18,19,23). The first-order chi connectivity index (χ1) is 11.0. The first kappa shape index (κ1) is 15.2. The van der Waals surface area contributed by atoms with Gasteiger partial charge >= 0.3 is 0 Å². The summed E-state index contributed by atoms with van der Waals surface area (Å²) in [5.74, 6) is -0.240. The summed E-state index contributed by atoms with van der Waals surface area (Å²) in [5.41, 5.74) is 0.877. The number of carbonyl (C=O) groups is 1. The number of amides is 1. The van der Waals surface area contributed by atoms with Crippen LogP contribution in [0.5, 0.6) is 0 Å². The van der Waals surface area contributed by atoms with Gasteiger partial charge in [0, 0.05) is 18.3 Å². The molecule has 1 N–H and O–H groups in total. The summed E-state index contributed by atoms with van der Waals surface area (Å²) in [6, 6.07) is 8.41. The molecular formula is C16H13ClN4O2. The molecule has 7 heteroatoms. The summed E-state index contributed by atoms with van der Waals surface area (Å²) in [6.07, 6.45) is 1.58. The second kappa shape index (κ2) is 5.81. The van der Waals surface area contributed by atoms with E-state index in [1.807, 2.05) is 13.0 Å². The van der Waals surface area contributed by atoms with Gasteiger partial charge in [-0.15, -0.1) is 0 Å². The normalized spacial score (nSPS) is 10.7. The number of benzene rings is 1. The number of carbonyl (C=O) groups excluding carboxylic acids is 1. The highest BCUT2D eigenvalue weighted by Gasteiger charge is 2.17. The molecule has 2 aromatic heterocycles. The van der Waals surface area contributed by atoms with Gasteiger partial charge in [0.25, 0.3) is 5.91 Å². The Hall–Kier alpha value is -2.73. The molecule has 0 spiro atoms. The lowest BCUT2D eigenvalue weighted by atomic mass is 10.2. The number of aryl methyl sites for hydroxylation is 2. The van der Waals surface area contributed by atoms with Gasteiger partial charge in [0.15, 0.2) is 5.69 Å². The van der Waals surface area contributed by atoms with Crippen LogP contribution in [-0.2, 0) is 7.05 Å². The minimum Gasteiger partial charge on any atom is -0.305 e. The molecule has 0 aliphatic rings. The molecule has 0 bridgehead atoms. The summed E-state index contributed by atoms with van der Waals surface area (Å²) in [6.45, 7) is 1.88. The summed E-state index contributed by atoms with van der Waals surface area (Å²) in [4.78, 5) is 28.9. The van der Waals surface area contributed by atoms with Crippen molar-refractivity contribution >= 4 is 34.2 Å². The molecule has 3 rings (SSSR count). The third-order valence-corrected chi connectivity index (χ3v) is 3.62. The van der Waals surface area contributed by atoms with E-state index in [1.165, 1.54) is 10.7 Å². The molecule has 0 fully saturated rings. The molecule has 1 amide bonds. The van der Waals surface area contributed by atoms with E-state index in [0.29, 0.717) is 21.7 Å². The fourth-order valence-electron chi connectivity index (χ4n) is 2.28. The van der Waals surface area contributed by atoms with Gasteiger partial charge in [-0.2, -0.15) is 5.10 Å². The molecule has 3 aromatic rings. The number of halogens is 1. The maximum atomic E-state index is 12.5. The predicted molar refractivity (Wildman–Crippen MR) is 88.9 cm³/mol. The minimum absolute atomic E-state index is 0.203. The summed E-state index contributed by atoms with van der Waals surface area (Å²) in [5, 5.41) is 7.43. The van der Waals surface area contributed by atoms with Crippen LogP contribution in [0.3, 0.4) is 0 Å². The van der Waals surface area contributed by atoms with Crippen LogP contribution >= 0.6 is 11.6 Å². The van der Waals surface area contributed by atoms with Crippen LogP contribution < -0.4 is 10.7 Å². The Labute approximate surface area is 136 Å². The Morgan fingerprint density at radius 3 is 2.78 bits per heavy atom. The monoisotopic (exact) mass is 328 g/mol. The van der Waals surface area contributed by atoms with Gasteiger partial charge in [-0.3, -0.25) is 14.3 Å². The van der Waals surface area contributed by atoms with Crippen molar-refractivity contribution < 1.29 is 4.79 Å². The first-order valence-electron chi connectivity index (χ1n) is 6.86. The van der Waals surface area contributed by atoms with Crippen molar-refractivity contribution in [1.82, 2.24) is 14.8 Å². The van der Waals surface area contributed by atoms with E-state index in [1.54, 1.807) is 31.4 Å². The van der Waals surface area contributed by atoms with Gasteiger partial charge in [0.05, 0.1) is 10.9 Å². The van der Waals surface area contributed by atoms with Crippen molar-refractivity contribution in [2.75, 3.05) is 5.32 Å². The van der Waals surface area contributed by atoms with Crippen molar-refractivity contribution in [2.45, 2.75) is 6.92 Å². The molecule has 6 nitrogen and oxygen atoms in total. The van der Waals surface area contributed by atoms with Crippen LogP contribution in [-0.4, -0.2) is 20.7 Å². The van der Waals surface area contributed by atoms with E-state index in [0.717, 1.165) is 5.56 Å². The van der Waals surface area contributed by atoms with Gasteiger partial charge in [0.2, 0.25) is 5.43 Å². The number of hydrogen-bond acceptors (Lipinski definition) is 4. The SMILES string of the molecule is Cc1ccnc(NC(=O)c2nn(C)c3ccc(Cl)cc3c2=O)c1. The number of nitrogens with zero attached hydrogens (tertiary/aromatic N) is 3. The minimum atomic E-state index is -0.606. The molecule has 0 atom stereocenters. The molecule has 1 aromatic carbocycles. The van der Waals surface area contributed by atoms with Gasteiger partial charge in [0.1, 0.15) is 5.82 Å². The first-order valence-corrected chi connectivity index (χ1v) is 7.24. The van der Waals surface area contributed by atoms with E-state index in [4.69, 9.17) is 11.6 Å². The lowest BCUT2D eigenvalue weighted by Gasteiger charge is -2.08. The van der Waals surface area contributed by atoms with Crippen molar-refractivity contribution in [1.29, 1.82) is 0 Å². The van der Waals surface area contributed by atoms with E-state index >= 15 is 0 Å². The maximum Gasteiger partial charge on any atom is 0.281 e. The molecule has 0 aliphatic carbocycles. The van der Waals surface area contributed by atoms with Gasteiger partial charge < -0.3 is 5.32 Å². The largest absolute Gasteiger partial charge is 0.305 e. The lowest BCUT2D eigenvalue weighted by molar-refractivity contribution is 0.101. The highest BCUT2D eigenvalue weighted by molar-refractivity contribution is 6.31. The summed E-state index contributed by atoms with van der Waals surface area (Å²) < 4.78 is 1.48. The Kier molecular flexibility index (Phi) is 3.83. The van der Waals surface area contributed by atoms with Crippen LogP contribution in [0.1, 0.15) is 16.1 Å². The molecule has 23 heavy (non-hydrogen) atoms. The average molecular weight is 329 g/mol. The van der Waals surface area contributed by atoms with E-state index in [9.17, 15) is 9.59 Å². The molecule has 0 saturated heterocycles. The number of aromatic nitrogens is 3. The third-order valence-electron chi connectivity index (χ3n) is 3.39. The average Bonchev–Trinajstić information content (AvgIpc) is 2.50. The molecule has 0 aliphatic heterocycles. The van der Waals surface area contributed by atoms with Crippen LogP contribution in [0, 0.1) is 6.92 Å². The van der Waals surface area contributed by atoms with E-state index in [2.05, 4.69) is 15.4 Å². The maximum absolute atomic E-state index is 12.5. The highest BCUT2D eigenvalue weighted by Crippen LogP contribution is 2.16. The Bertz CT molecular complexity index is 981. The zero-order valence-electron chi connectivity index (χ0n) is 12.5. The number of nitrogens with one attached hydrogen (secondary N) is 1. The second-order valence-corrected chi connectivity index (χ2v) is 5.57. The van der Waals surface area contributed by atoms with E-state index < -0.39 is 11.3 Å². The zero-order chi connectivity index (χ0) is 16.6. The quantitative estimate of drug-likeness (QED) is 0.784. The molecule has 0 radical (unpaired) electrons. The number of hydrogen-bond donors (Lipinski definition) is 1. The van der Waals surface area contributed by atoms with Crippen LogP contribution in [0.15, 0.2) is 41.3 Å². The van der Waals surface area contributed by atoms with Gasteiger partial charge in [-0.25, -0.2) is 4.98 Å². The summed E-state index contributed by atoms with van der Waals surface area (Å²) in [7, 11) is 1.66. The Balaban J connectivity index is 2.07. The topological polar surface area (TPSA) is 76.9 Å². The van der Waals surface area contributed by atoms with Gasteiger partial charge in [-0.1, -0.05) is 11.6 Å². The Morgan fingerprint density at radius 1 is 1.26 bits per heavy atom. The zero-order valence-corrected chi connectivity index (χ0v) is 13.3. The fourth-order valence-corrected chi connectivity index (χ4v) is 2.45. The molecule has 2 heterocycles. The third kappa shape index (κ3) is 2.93. The van der Waals surface area contributed by atoms with E-state index in [-0.39, 0.29) is 5.69 Å². The summed E-state index contributed by atoms with van der Waals surface area (Å²) >= 11 is 5.94. The van der Waals surface area contributed by atoms with Crippen molar-refractivity contribution in [3.63, 3.8) is 0 Å². The van der Waals surface area contributed by atoms with Crippen molar-refractivity contribution in [3.05, 3.63) is 63.0 Å². The van der Waals surface area contributed by atoms with Crippen molar-refractivity contribution in [3.8, 4) is 0 Å². The number of rotatable bonds is 2. The van der Waals surface area contributed by atoms with Crippen LogP contribution in [0.4, 0.5) is 5.82 Å². The molecule has 0 saturated carbocycles. The molecular weight excluding hydrogens is 316 g/mol. The molecule has 116 valence electrons.